The molecule has 1 aliphatic heterocycles. The van der Waals surface area contributed by atoms with E-state index in [0.29, 0.717) is 13.0 Å². The number of rotatable bonds is 5. The Kier molecular flexibility index (Phi) is 5.23. The van der Waals surface area contributed by atoms with Crippen LogP contribution in [-0.2, 0) is 9.59 Å². The topological polar surface area (TPSA) is 71.5 Å². The van der Waals surface area contributed by atoms with E-state index in [0.717, 1.165) is 48.6 Å². The smallest absolute Gasteiger partial charge is 0.239 e. The molecule has 2 fully saturated rings. The zero-order valence-electron chi connectivity index (χ0n) is 15.4. The van der Waals surface area contributed by atoms with Crippen molar-refractivity contribution in [3.63, 3.8) is 0 Å². The van der Waals surface area contributed by atoms with Crippen molar-refractivity contribution in [1.82, 2.24) is 15.2 Å². The summed E-state index contributed by atoms with van der Waals surface area (Å²) < 4.78 is 6.25. The van der Waals surface area contributed by atoms with Gasteiger partial charge < -0.3 is 15.0 Å². The molecule has 27 heavy (non-hydrogen) atoms. The highest BCUT2D eigenvalue weighted by Crippen LogP contribution is 2.29. The monoisotopic (exact) mass is 367 g/mol. The second kappa shape index (κ2) is 7.94. The van der Waals surface area contributed by atoms with Gasteiger partial charge in [0, 0.05) is 42.2 Å². The van der Waals surface area contributed by atoms with Crippen LogP contribution in [-0.4, -0.2) is 46.9 Å². The molecular formula is C21H25N3O3. The van der Waals surface area contributed by atoms with Crippen LogP contribution < -0.4 is 10.1 Å². The van der Waals surface area contributed by atoms with Gasteiger partial charge >= 0.3 is 0 Å². The van der Waals surface area contributed by atoms with E-state index < -0.39 is 0 Å². The van der Waals surface area contributed by atoms with Crippen molar-refractivity contribution in [2.45, 2.75) is 50.7 Å². The molecule has 0 atom stereocenters. The molecule has 2 aliphatic rings. The first-order chi connectivity index (χ1) is 13.2. The van der Waals surface area contributed by atoms with Crippen LogP contribution in [0.2, 0.25) is 0 Å². The van der Waals surface area contributed by atoms with Gasteiger partial charge in [0.05, 0.1) is 12.6 Å². The standard InChI is InChI=1S/C21H25N3O3/c25-20(14-24-12-2-5-21(24)26)23-16-6-8-17(9-7-16)27-19-4-1-3-15-13-22-11-10-18(15)19/h1,3-4,10-11,13,16-17H,2,5-9,12,14H2,(H,23,25). The Labute approximate surface area is 158 Å². The summed E-state index contributed by atoms with van der Waals surface area (Å²) in [5.41, 5.74) is 0. The van der Waals surface area contributed by atoms with Gasteiger partial charge in [0.1, 0.15) is 5.75 Å². The highest BCUT2D eigenvalue weighted by molar-refractivity contribution is 5.87. The van der Waals surface area contributed by atoms with Crippen LogP contribution in [0.3, 0.4) is 0 Å². The van der Waals surface area contributed by atoms with Crippen LogP contribution in [0.5, 0.6) is 5.75 Å². The first-order valence-corrected chi connectivity index (χ1v) is 9.75. The lowest BCUT2D eigenvalue weighted by molar-refractivity contribution is -0.133. The fraction of sp³-hybridized carbons (Fsp3) is 0.476. The lowest BCUT2D eigenvalue weighted by Crippen LogP contribution is -2.44. The van der Waals surface area contributed by atoms with Crippen molar-refractivity contribution in [1.29, 1.82) is 0 Å². The number of hydrogen-bond acceptors (Lipinski definition) is 4. The molecule has 6 heteroatoms. The van der Waals surface area contributed by atoms with E-state index in [9.17, 15) is 9.59 Å². The van der Waals surface area contributed by atoms with E-state index in [-0.39, 0.29) is 30.5 Å². The molecule has 6 nitrogen and oxygen atoms in total. The van der Waals surface area contributed by atoms with E-state index in [4.69, 9.17) is 4.74 Å². The van der Waals surface area contributed by atoms with Crippen LogP contribution in [0, 0.1) is 0 Å². The zero-order chi connectivity index (χ0) is 18.6. The SMILES string of the molecule is O=C(CN1CCCC1=O)NC1CCC(Oc2cccc3cnccc23)CC1. The largest absolute Gasteiger partial charge is 0.490 e. The molecule has 1 aromatic carbocycles. The minimum Gasteiger partial charge on any atom is -0.490 e. The Bertz CT molecular complexity index is 825. The highest BCUT2D eigenvalue weighted by atomic mass is 16.5. The maximum atomic E-state index is 12.2. The molecule has 1 saturated heterocycles. The zero-order valence-corrected chi connectivity index (χ0v) is 15.4. The molecule has 1 aliphatic carbocycles. The number of benzene rings is 1. The van der Waals surface area contributed by atoms with E-state index in [1.165, 1.54) is 0 Å². The fourth-order valence-corrected chi connectivity index (χ4v) is 4.02. The molecule has 1 saturated carbocycles. The summed E-state index contributed by atoms with van der Waals surface area (Å²) in [6.45, 7) is 0.896. The lowest BCUT2D eigenvalue weighted by atomic mass is 9.93. The van der Waals surface area contributed by atoms with Crippen LogP contribution in [0.25, 0.3) is 10.8 Å². The Hall–Kier alpha value is -2.63. The maximum Gasteiger partial charge on any atom is 0.239 e. The van der Waals surface area contributed by atoms with Crippen molar-refractivity contribution in [3.8, 4) is 5.75 Å². The van der Waals surface area contributed by atoms with Gasteiger partial charge in [0.2, 0.25) is 11.8 Å². The Morgan fingerprint density at radius 2 is 2.07 bits per heavy atom. The summed E-state index contributed by atoms with van der Waals surface area (Å²) in [5.74, 6) is 0.943. The number of hydrogen-bond donors (Lipinski definition) is 1. The van der Waals surface area contributed by atoms with Gasteiger partial charge in [-0.2, -0.15) is 0 Å². The van der Waals surface area contributed by atoms with E-state index in [1.54, 1.807) is 11.1 Å². The summed E-state index contributed by atoms with van der Waals surface area (Å²) in [5, 5.41) is 5.24. The lowest BCUT2D eigenvalue weighted by Gasteiger charge is -2.30. The van der Waals surface area contributed by atoms with Gasteiger partial charge in [-0.15, -0.1) is 0 Å². The van der Waals surface area contributed by atoms with Gasteiger partial charge in [-0.3, -0.25) is 14.6 Å². The van der Waals surface area contributed by atoms with Crippen molar-refractivity contribution in [2.75, 3.05) is 13.1 Å². The van der Waals surface area contributed by atoms with Gasteiger partial charge in [-0.1, -0.05) is 12.1 Å². The number of carbonyl (C=O) groups excluding carboxylic acids is 2. The number of likely N-dealkylation sites (tertiary alicyclic amines) is 1. The van der Waals surface area contributed by atoms with E-state index in [2.05, 4.69) is 10.3 Å². The summed E-state index contributed by atoms with van der Waals surface area (Å²) in [4.78, 5) is 29.6. The van der Waals surface area contributed by atoms with Gasteiger partial charge in [-0.25, -0.2) is 0 Å². The second-order valence-electron chi connectivity index (χ2n) is 7.43. The average Bonchev–Trinajstić information content (AvgIpc) is 3.08. The van der Waals surface area contributed by atoms with Crippen molar-refractivity contribution < 1.29 is 14.3 Å². The average molecular weight is 367 g/mol. The third-order valence-electron chi connectivity index (χ3n) is 5.48. The van der Waals surface area contributed by atoms with Crippen LogP contribution in [0.4, 0.5) is 0 Å². The third kappa shape index (κ3) is 4.21. The number of aromatic nitrogens is 1. The number of nitrogens with one attached hydrogen (secondary N) is 1. The number of fused-ring (bicyclic) bond motifs is 1. The molecule has 2 heterocycles. The molecule has 0 spiro atoms. The molecule has 142 valence electrons. The normalized spacial score (nSPS) is 22.8. The summed E-state index contributed by atoms with van der Waals surface area (Å²) in [6, 6.07) is 8.18. The summed E-state index contributed by atoms with van der Waals surface area (Å²) >= 11 is 0. The first kappa shape index (κ1) is 17.8. The third-order valence-corrected chi connectivity index (χ3v) is 5.48. The second-order valence-corrected chi connectivity index (χ2v) is 7.43. The molecule has 2 aromatic rings. The first-order valence-electron chi connectivity index (χ1n) is 9.75. The van der Waals surface area contributed by atoms with E-state index >= 15 is 0 Å². The quantitative estimate of drug-likeness (QED) is 0.882. The van der Waals surface area contributed by atoms with Crippen molar-refractivity contribution in [2.24, 2.45) is 0 Å². The Morgan fingerprint density at radius 3 is 2.85 bits per heavy atom. The van der Waals surface area contributed by atoms with E-state index in [1.807, 2.05) is 30.5 Å². The number of ether oxygens (including phenoxy) is 1. The molecule has 1 N–H and O–H groups in total. The molecule has 0 unspecified atom stereocenters. The number of nitrogens with zero attached hydrogens (tertiary/aromatic N) is 2. The number of carbonyl (C=O) groups is 2. The van der Waals surface area contributed by atoms with Crippen molar-refractivity contribution >= 4 is 22.6 Å². The van der Waals surface area contributed by atoms with Gasteiger partial charge in [0.25, 0.3) is 0 Å². The molecule has 0 radical (unpaired) electrons. The summed E-state index contributed by atoms with van der Waals surface area (Å²) in [6.07, 6.45) is 8.85. The van der Waals surface area contributed by atoms with Crippen molar-refractivity contribution in [3.05, 3.63) is 36.7 Å². The maximum absolute atomic E-state index is 12.2. The molecule has 1 aromatic heterocycles. The Balaban J connectivity index is 1.27. The number of amides is 2. The highest BCUT2D eigenvalue weighted by Gasteiger charge is 2.26. The van der Waals surface area contributed by atoms with Crippen LogP contribution in [0.15, 0.2) is 36.7 Å². The molecular weight excluding hydrogens is 342 g/mol. The van der Waals surface area contributed by atoms with Crippen LogP contribution in [0.1, 0.15) is 38.5 Å². The minimum atomic E-state index is -0.0452. The minimum absolute atomic E-state index is 0.0452. The predicted molar refractivity (Wildman–Crippen MR) is 102 cm³/mol. The fourth-order valence-electron chi connectivity index (χ4n) is 4.02. The molecule has 2 amide bonds. The van der Waals surface area contributed by atoms with Gasteiger partial charge in [-0.05, 0) is 44.2 Å². The molecule has 0 bridgehead atoms. The predicted octanol–water partition coefficient (Wildman–Crippen LogP) is 2.66. The Morgan fingerprint density at radius 1 is 1.22 bits per heavy atom. The van der Waals surface area contributed by atoms with Gasteiger partial charge in [0.15, 0.2) is 0 Å². The number of pyridine rings is 1. The molecule has 4 rings (SSSR count). The van der Waals surface area contributed by atoms with Crippen LogP contribution >= 0.6 is 0 Å². The summed E-state index contributed by atoms with van der Waals surface area (Å²) in [7, 11) is 0.